The van der Waals surface area contributed by atoms with Crippen LogP contribution in [0.5, 0.6) is 0 Å². The van der Waals surface area contributed by atoms with Crippen LogP contribution >= 0.6 is 35.0 Å². The molecule has 0 aromatic heterocycles. The largest absolute Gasteiger partial charge is 0.324 e. The molecule has 15 heavy (non-hydrogen) atoms. The Morgan fingerprint density at radius 3 is 2.73 bits per heavy atom. The molecule has 0 aliphatic heterocycles. The fraction of sp³-hybridized carbons (Fsp3) is 0.273. The number of halogens is 3. The van der Waals surface area contributed by atoms with Crippen molar-refractivity contribution >= 4 is 35.0 Å². The van der Waals surface area contributed by atoms with Gasteiger partial charge in [-0.25, -0.2) is 4.39 Å². The van der Waals surface area contributed by atoms with E-state index >= 15 is 0 Å². The third-order valence-corrected chi connectivity index (χ3v) is 2.60. The highest BCUT2D eigenvalue weighted by Gasteiger charge is 2.11. The van der Waals surface area contributed by atoms with Gasteiger partial charge in [0.25, 0.3) is 0 Å². The van der Waals surface area contributed by atoms with Crippen LogP contribution in [0.3, 0.4) is 0 Å². The summed E-state index contributed by atoms with van der Waals surface area (Å²) in [5.74, 6) is -0.237. The summed E-state index contributed by atoms with van der Waals surface area (Å²) in [6.45, 7) is 5.66. The molecule has 1 atom stereocenters. The van der Waals surface area contributed by atoms with E-state index in [-0.39, 0.29) is 24.3 Å². The van der Waals surface area contributed by atoms with Crippen LogP contribution < -0.4 is 5.73 Å². The molecule has 0 spiro atoms. The Labute approximate surface area is 109 Å². The summed E-state index contributed by atoms with van der Waals surface area (Å²) in [6.07, 6.45) is 0.622. The maximum absolute atomic E-state index is 13.4. The van der Waals surface area contributed by atoms with Crippen LogP contribution in [0.15, 0.2) is 30.4 Å². The van der Waals surface area contributed by atoms with Gasteiger partial charge < -0.3 is 5.73 Å². The summed E-state index contributed by atoms with van der Waals surface area (Å²) in [4.78, 5) is 0. The molecule has 1 rings (SSSR count). The molecule has 2 N–H and O–H groups in total. The van der Waals surface area contributed by atoms with Crippen molar-refractivity contribution in [3.05, 3.63) is 45.3 Å². The van der Waals surface area contributed by atoms with Gasteiger partial charge in [-0.3, -0.25) is 0 Å². The van der Waals surface area contributed by atoms with Crippen LogP contribution in [0, 0.1) is 9.39 Å². The first kappa shape index (κ1) is 14.9. The lowest BCUT2D eigenvalue weighted by molar-refractivity contribution is 0.579. The molecule has 0 aliphatic rings. The molecule has 84 valence electrons. The second kappa shape index (κ2) is 6.45. The minimum atomic E-state index is -0.290. The molecule has 4 heteroatoms. The van der Waals surface area contributed by atoms with Gasteiger partial charge in [-0.1, -0.05) is 5.57 Å². The fourth-order valence-electron chi connectivity index (χ4n) is 1.28. The van der Waals surface area contributed by atoms with Gasteiger partial charge >= 0.3 is 0 Å². The molecule has 1 aromatic carbocycles. The van der Waals surface area contributed by atoms with E-state index in [0.717, 1.165) is 9.14 Å². The minimum absolute atomic E-state index is 0. The lowest BCUT2D eigenvalue weighted by Gasteiger charge is -2.13. The average Bonchev–Trinajstić information content (AvgIpc) is 2.08. The van der Waals surface area contributed by atoms with E-state index in [1.54, 1.807) is 12.1 Å². The van der Waals surface area contributed by atoms with Gasteiger partial charge in [0.2, 0.25) is 0 Å². The molecule has 1 aromatic rings. The van der Waals surface area contributed by atoms with Crippen molar-refractivity contribution in [3.8, 4) is 0 Å². The van der Waals surface area contributed by atoms with Gasteiger partial charge in [-0.15, -0.1) is 19.0 Å². The van der Waals surface area contributed by atoms with Crippen molar-refractivity contribution in [2.24, 2.45) is 5.73 Å². The summed E-state index contributed by atoms with van der Waals surface area (Å²) >= 11 is 2.14. The predicted molar refractivity (Wildman–Crippen MR) is 72.7 cm³/mol. The predicted octanol–water partition coefficient (Wildman–Crippen LogP) is 3.82. The second-order valence-electron chi connectivity index (χ2n) is 3.43. The first-order chi connectivity index (χ1) is 6.50. The van der Waals surface area contributed by atoms with E-state index in [0.29, 0.717) is 12.0 Å². The van der Waals surface area contributed by atoms with Gasteiger partial charge in [-0.2, -0.15) is 0 Å². The van der Waals surface area contributed by atoms with E-state index in [2.05, 4.69) is 29.2 Å². The zero-order chi connectivity index (χ0) is 10.7. The first-order valence-corrected chi connectivity index (χ1v) is 5.43. The van der Waals surface area contributed by atoms with Crippen molar-refractivity contribution in [2.75, 3.05) is 0 Å². The molecule has 0 amide bonds. The zero-order valence-electron chi connectivity index (χ0n) is 8.47. The van der Waals surface area contributed by atoms with Gasteiger partial charge in [0, 0.05) is 15.2 Å². The zero-order valence-corrected chi connectivity index (χ0v) is 11.4. The Kier molecular flexibility index (Phi) is 6.40. The highest BCUT2D eigenvalue weighted by molar-refractivity contribution is 14.1. The molecule has 0 unspecified atom stereocenters. The minimum Gasteiger partial charge on any atom is -0.324 e. The first-order valence-electron chi connectivity index (χ1n) is 4.35. The SMILES string of the molecule is C=C(C)C[C@@H](N)c1cc(I)ccc1F.Cl. The third kappa shape index (κ3) is 4.49. The van der Waals surface area contributed by atoms with E-state index in [1.165, 1.54) is 6.07 Å². The lowest BCUT2D eigenvalue weighted by Crippen LogP contribution is -2.12. The summed E-state index contributed by atoms with van der Waals surface area (Å²) in [5.41, 5.74) is 7.40. The second-order valence-corrected chi connectivity index (χ2v) is 4.68. The van der Waals surface area contributed by atoms with Crippen LogP contribution in [0.1, 0.15) is 24.9 Å². The van der Waals surface area contributed by atoms with E-state index in [4.69, 9.17) is 5.73 Å². The maximum atomic E-state index is 13.4. The number of nitrogens with two attached hydrogens (primary N) is 1. The monoisotopic (exact) mass is 341 g/mol. The molecular weight excluding hydrogens is 327 g/mol. The Hall–Kier alpha value is -0.130. The Balaban J connectivity index is 0.00000196. The van der Waals surface area contributed by atoms with Gasteiger partial charge in [-0.05, 0) is 54.1 Å². The number of hydrogen-bond donors (Lipinski definition) is 1. The van der Waals surface area contributed by atoms with Gasteiger partial charge in [0.1, 0.15) is 5.82 Å². The van der Waals surface area contributed by atoms with Crippen LogP contribution in [0.25, 0.3) is 0 Å². The number of benzene rings is 1. The fourth-order valence-corrected chi connectivity index (χ4v) is 1.80. The van der Waals surface area contributed by atoms with Crippen molar-refractivity contribution in [3.63, 3.8) is 0 Å². The highest BCUT2D eigenvalue weighted by Crippen LogP contribution is 2.22. The quantitative estimate of drug-likeness (QED) is 0.656. The number of hydrogen-bond acceptors (Lipinski definition) is 1. The van der Waals surface area contributed by atoms with Crippen LogP contribution in [0.4, 0.5) is 4.39 Å². The summed E-state index contributed by atoms with van der Waals surface area (Å²) in [7, 11) is 0. The third-order valence-electron chi connectivity index (χ3n) is 1.93. The highest BCUT2D eigenvalue weighted by atomic mass is 127. The molecule has 1 nitrogen and oxygen atoms in total. The Morgan fingerprint density at radius 1 is 1.60 bits per heavy atom. The molecule has 0 bridgehead atoms. The standard InChI is InChI=1S/C11H13FIN.ClH/c1-7(2)5-11(14)9-6-8(13)3-4-10(9)12;/h3-4,6,11H,1,5,14H2,2H3;1H/t11-;/m1./s1. The Bertz CT molecular complexity index is 354. The molecule has 0 heterocycles. The molecule has 0 saturated heterocycles. The summed E-state index contributed by atoms with van der Waals surface area (Å²) in [5, 5.41) is 0. The average molecular weight is 342 g/mol. The molecule has 0 saturated carbocycles. The van der Waals surface area contributed by atoms with E-state index in [1.807, 2.05) is 6.92 Å². The Morgan fingerprint density at radius 2 is 2.20 bits per heavy atom. The molecular formula is C11H14ClFIN. The summed E-state index contributed by atoms with van der Waals surface area (Å²) in [6, 6.07) is 4.67. The van der Waals surface area contributed by atoms with Crippen LogP contribution in [-0.4, -0.2) is 0 Å². The molecule has 0 fully saturated rings. The molecule has 0 radical (unpaired) electrons. The van der Waals surface area contributed by atoms with Crippen molar-refractivity contribution in [1.29, 1.82) is 0 Å². The van der Waals surface area contributed by atoms with Gasteiger partial charge in [0.05, 0.1) is 0 Å². The number of rotatable bonds is 3. The smallest absolute Gasteiger partial charge is 0.128 e. The van der Waals surface area contributed by atoms with Crippen molar-refractivity contribution in [1.82, 2.24) is 0 Å². The normalized spacial score (nSPS) is 11.7. The lowest BCUT2D eigenvalue weighted by atomic mass is 10.0. The topological polar surface area (TPSA) is 26.0 Å². The van der Waals surface area contributed by atoms with E-state index in [9.17, 15) is 4.39 Å². The van der Waals surface area contributed by atoms with Crippen molar-refractivity contribution < 1.29 is 4.39 Å². The molecule has 0 aliphatic carbocycles. The van der Waals surface area contributed by atoms with E-state index < -0.39 is 0 Å². The van der Waals surface area contributed by atoms with Gasteiger partial charge in [0.15, 0.2) is 0 Å². The van der Waals surface area contributed by atoms with Crippen molar-refractivity contribution in [2.45, 2.75) is 19.4 Å². The van der Waals surface area contributed by atoms with Crippen LogP contribution in [0.2, 0.25) is 0 Å². The maximum Gasteiger partial charge on any atom is 0.128 e. The summed E-state index contributed by atoms with van der Waals surface area (Å²) < 4.78 is 14.4. The van der Waals surface area contributed by atoms with Crippen LogP contribution in [-0.2, 0) is 0 Å².